The molecule has 0 radical (unpaired) electrons. The maximum absolute atomic E-state index is 12.3. The zero-order chi connectivity index (χ0) is 17.8. The molecule has 0 atom stereocenters. The predicted octanol–water partition coefficient (Wildman–Crippen LogP) is 2.55. The van der Waals surface area contributed by atoms with Crippen LogP contribution in [0.15, 0.2) is 60.9 Å². The highest BCUT2D eigenvalue weighted by molar-refractivity contribution is 6.03. The van der Waals surface area contributed by atoms with Gasteiger partial charge in [-0.05, 0) is 42.0 Å². The van der Waals surface area contributed by atoms with Crippen LogP contribution >= 0.6 is 0 Å². The van der Waals surface area contributed by atoms with E-state index in [0.717, 1.165) is 5.56 Å². The Hall–Kier alpha value is -3.28. The fraction of sp³-hybridized carbons (Fsp3) is 0.158. The minimum absolute atomic E-state index is 0.134. The monoisotopic (exact) mass is 336 g/mol. The zero-order valence-electron chi connectivity index (χ0n) is 14.2. The average molecular weight is 336 g/mol. The van der Waals surface area contributed by atoms with E-state index in [1.165, 1.54) is 0 Å². The van der Waals surface area contributed by atoms with E-state index in [4.69, 9.17) is 0 Å². The number of amides is 2. The SMILES string of the molecule is Cn1cccc1C(=O)NCc1cccc(NC(=O)c2cccn2C)c1. The number of anilines is 1. The molecule has 3 aromatic rings. The molecule has 0 aliphatic heterocycles. The number of aryl methyl sites for hydroxylation is 2. The molecule has 25 heavy (non-hydrogen) atoms. The third-order valence-electron chi connectivity index (χ3n) is 3.99. The van der Waals surface area contributed by atoms with Crippen molar-refractivity contribution in [2.24, 2.45) is 14.1 Å². The molecule has 0 saturated carbocycles. The number of nitrogens with zero attached hydrogens (tertiary/aromatic N) is 2. The van der Waals surface area contributed by atoms with Gasteiger partial charge >= 0.3 is 0 Å². The summed E-state index contributed by atoms with van der Waals surface area (Å²) < 4.78 is 3.53. The Bertz CT molecular complexity index is 908. The molecule has 6 nitrogen and oxygen atoms in total. The fourth-order valence-corrected chi connectivity index (χ4v) is 2.62. The van der Waals surface area contributed by atoms with E-state index < -0.39 is 0 Å². The largest absolute Gasteiger partial charge is 0.347 e. The third-order valence-corrected chi connectivity index (χ3v) is 3.99. The first-order chi connectivity index (χ1) is 12.0. The Morgan fingerprint density at radius 2 is 1.52 bits per heavy atom. The van der Waals surface area contributed by atoms with E-state index in [0.29, 0.717) is 23.6 Å². The lowest BCUT2D eigenvalue weighted by Crippen LogP contribution is -2.24. The summed E-state index contributed by atoms with van der Waals surface area (Å²) in [5, 5.41) is 5.76. The molecule has 0 aliphatic carbocycles. The van der Waals surface area contributed by atoms with Gasteiger partial charge < -0.3 is 19.8 Å². The second kappa shape index (κ2) is 7.09. The van der Waals surface area contributed by atoms with Crippen molar-refractivity contribution in [3.63, 3.8) is 0 Å². The standard InChI is InChI=1S/C19H20N4O2/c1-22-10-4-8-16(22)18(24)20-13-14-6-3-7-15(12-14)21-19(25)17-9-5-11-23(17)2/h3-12H,13H2,1-2H3,(H,20,24)(H,21,25). The van der Waals surface area contributed by atoms with Gasteiger partial charge in [0.25, 0.3) is 11.8 Å². The molecule has 6 heteroatoms. The van der Waals surface area contributed by atoms with Crippen molar-refractivity contribution >= 4 is 17.5 Å². The Kier molecular flexibility index (Phi) is 4.70. The van der Waals surface area contributed by atoms with Gasteiger partial charge in [0.1, 0.15) is 11.4 Å². The van der Waals surface area contributed by atoms with Crippen molar-refractivity contribution in [1.82, 2.24) is 14.5 Å². The maximum atomic E-state index is 12.3. The topological polar surface area (TPSA) is 68.1 Å². The molecule has 2 N–H and O–H groups in total. The smallest absolute Gasteiger partial charge is 0.272 e. The normalized spacial score (nSPS) is 10.5. The molecule has 128 valence electrons. The summed E-state index contributed by atoms with van der Waals surface area (Å²) >= 11 is 0. The molecule has 2 heterocycles. The van der Waals surface area contributed by atoms with Crippen LogP contribution in [-0.4, -0.2) is 20.9 Å². The van der Waals surface area contributed by atoms with Crippen LogP contribution in [0.2, 0.25) is 0 Å². The van der Waals surface area contributed by atoms with Crippen LogP contribution in [0.1, 0.15) is 26.5 Å². The van der Waals surface area contributed by atoms with Crippen LogP contribution in [0.25, 0.3) is 0 Å². The first kappa shape index (κ1) is 16.6. The van der Waals surface area contributed by atoms with Gasteiger partial charge in [-0.2, -0.15) is 0 Å². The maximum Gasteiger partial charge on any atom is 0.272 e. The number of hydrogen-bond acceptors (Lipinski definition) is 2. The van der Waals surface area contributed by atoms with Crippen molar-refractivity contribution in [3.8, 4) is 0 Å². The molecular formula is C19H20N4O2. The number of carbonyl (C=O) groups is 2. The highest BCUT2D eigenvalue weighted by atomic mass is 16.2. The number of nitrogens with one attached hydrogen (secondary N) is 2. The predicted molar refractivity (Wildman–Crippen MR) is 96.4 cm³/mol. The number of carbonyl (C=O) groups excluding carboxylic acids is 2. The van der Waals surface area contributed by atoms with E-state index in [2.05, 4.69) is 10.6 Å². The average Bonchev–Trinajstić information content (AvgIpc) is 3.21. The van der Waals surface area contributed by atoms with E-state index >= 15 is 0 Å². The number of aromatic nitrogens is 2. The van der Waals surface area contributed by atoms with Gasteiger partial charge in [0.15, 0.2) is 0 Å². The van der Waals surface area contributed by atoms with E-state index in [1.807, 2.05) is 62.9 Å². The van der Waals surface area contributed by atoms with E-state index in [9.17, 15) is 9.59 Å². The second-order valence-corrected chi connectivity index (χ2v) is 5.85. The lowest BCUT2D eigenvalue weighted by Gasteiger charge is -2.09. The van der Waals surface area contributed by atoms with Gasteiger partial charge in [-0.15, -0.1) is 0 Å². The van der Waals surface area contributed by atoms with Gasteiger partial charge in [0, 0.05) is 38.7 Å². The van der Waals surface area contributed by atoms with Crippen LogP contribution in [0, 0.1) is 0 Å². The van der Waals surface area contributed by atoms with Crippen molar-refractivity contribution in [3.05, 3.63) is 77.9 Å². The van der Waals surface area contributed by atoms with Crippen LogP contribution < -0.4 is 10.6 Å². The Morgan fingerprint density at radius 3 is 2.12 bits per heavy atom. The summed E-state index contributed by atoms with van der Waals surface area (Å²) in [6, 6.07) is 14.6. The molecule has 0 aliphatic rings. The summed E-state index contributed by atoms with van der Waals surface area (Å²) in [5.41, 5.74) is 2.79. The molecule has 0 spiro atoms. The molecule has 0 fully saturated rings. The van der Waals surface area contributed by atoms with Crippen LogP contribution in [0.5, 0.6) is 0 Å². The van der Waals surface area contributed by atoms with Gasteiger partial charge in [-0.1, -0.05) is 12.1 Å². The van der Waals surface area contributed by atoms with Gasteiger partial charge in [-0.3, -0.25) is 9.59 Å². The molecule has 0 bridgehead atoms. The molecule has 1 aromatic carbocycles. The van der Waals surface area contributed by atoms with E-state index in [-0.39, 0.29) is 11.8 Å². The van der Waals surface area contributed by atoms with E-state index in [1.54, 1.807) is 21.3 Å². The Morgan fingerprint density at radius 1 is 0.880 bits per heavy atom. The molecule has 2 amide bonds. The number of rotatable bonds is 5. The summed E-state index contributed by atoms with van der Waals surface area (Å²) in [7, 11) is 3.65. The minimum Gasteiger partial charge on any atom is -0.347 e. The summed E-state index contributed by atoms with van der Waals surface area (Å²) in [6.07, 6.45) is 3.65. The van der Waals surface area contributed by atoms with Gasteiger partial charge in [-0.25, -0.2) is 0 Å². The lowest BCUT2D eigenvalue weighted by molar-refractivity contribution is 0.0941. The number of hydrogen-bond donors (Lipinski definition) is 2. The van der Waals surface area contributed by atoms with Gasteiger partial charge in [0.2, 0.25) is 0 Å². The summed E-state index contributed by atoms with van der Waals surface area (Å²) in [4.78, 5) is 24.4. The van der Waals surface area contributed by atoms with Crippen molar-refractivity contribution in [1.29, 1.82) is 0 Å². The first-order valence-corrected chi connectivity index (χ1v) is 7.96. The summed E-state index contributed by atoms with van der Waals surface area (Å²) in [6.45, 7) is 0.387. The molecule has 3 rings (SSSR count). The van der Waals surface area contributed by atoms with Crippen LogP contribution in [-0.2, 0) is 20.6 Å². The van der Waals surface area contributed by atoms with Crippen LogP contribution in [0.4, 0.5) is 5.69 Å². The quantitative estimate of drug-likeness (QED) is 0.752. The molecule has 0 saturated heterocycles. The zero-order valence-corrected chi connectivity index (χ0v) is 14.2. The second-order valence-electron chi connectivity index (χ2n) is 5.85. The van der Waals surface area contributed by atoms with Crippen molar-refractivity contribution in [2.45, 2.75) is 6.54 Å². The minimum atomic E-state index is -0.169. The molecular weight excluding hydrogens is 316 g/mol. The summed E-state index contributed by atoms with van der Waals surface area (Å²) in [5.74, 6) is -0.303. The Labute approximate surface area is 146 Å². The lowest BCUT2D eigenvalue weighted by atomic mass is 10.2. The number of benzene rings is 1. The first-order valence-electron chi connectivity index (χ1n) is 7.96. The van der Waals surface area contributed by atoms with Crippen molar-refractivity contribution in [2.75, 3.05) is 5.32 Å². The highest BCUT2D eigenvalue weighted by Gasteiger charge is 2.10. The fourth-order valence-electron chi connectivity index (χ4n) is 2.62. The third kappa shape index (κ3) is 3.80. The molecule has 2 aromatic heterocycles. The Balaban J connectivity index is 1.64. The van der Waals surface area contributed by atoms with Gasteiger partial charge in [0.05, 0.1) is 0 Å². The molecule has 0 unspecified atom stereocenters. The highest BCUT2D eigenvalue weighted by Crippen LogP contribution is 2.13. The van der Waals surface area contributed by atoms with Crippen LogP contribution in [0.3, 0.4) is 0 Å². The van der Waals surface area contributed by atoms with Crippen molar-refractivity contribution < 1.29 is 9.59 Å².